The van der Waals surface area contributed by atoms with Gasteiger partial charge in [0.25, 0.3) is 0 Å². The van der Waals surface area contributed by atoms with Gasteiger partial charge in [-0.3, -0.25) is 0 Å². The number of aliphatic hydroxyl groups excluding tert-OH is 1. The van der Waals surface area contributed by atoms with Gasteiger partial charge in [-0.2, -0.15) is 0 Å². The van der Waals surface area contributed by atoms with Gasteiger partial charge in [0, 0.05) is 36.0 Å². The minimum absolute atomic E-state index is 0.145. The molecule has 1 aromatic rings. The molecule has 0 aliphatic carbocycles. The highest BCUT2D eigenvalue weighted by molar-refractivity contribution is 5.66. The van der Waals surface area contributed by atoms with Crippen LogP contribution < -0.4 is 14.2 Å². The van der Waals surface area contributed by atoms with Crippen molar-refractivity contribution in [2.45, 2.75) is 58.3 Å². The molecular formula is C16H22O4. The van der Waals surface area contributed by atoms with Gasteiger partial charge in [-0.05, 0) is 20.8 Å². The third-order valence-electron chi connectivity index (χ3n) is 3.99. The van der Waals surface area contributed by atoms with Gasteiger partial charge >= 0.3 is 0 Å². The van der Waals surface area contributed by atoms with E-state index in [0.717, 1.165) is 46.8 Å². The number of hydrogen-bond donors (Lipinski definition) is 1. The van der Waals surface area contributed by atoms with E-state index in [9.17, 15) is 5.11 Å². The fraction of sp³-hybridized carbons (Fsp3) is 0.625. The fourth-order valence-corrected chi connectivity index (χ4v) is 3.29. The number of fused-ring (bicyclic) bond motifs is 2. The molecular weight excluding hydrogens is 256 g/mol. The van der Waals surface area contributed by atoms with Crippen molar-refractivity contribution >= 4 is 0 Å². The molecule has 20 heavy (non-hydrogen) atoms. The van der Waals surface area contributed by atoms with Gasteiger partial charge in [0.05, 0.1) is 13.2 Å². The summed E-state index contributed by atoms with van der Waals surface area (Å²) in [4.78, 5) is 0. The first-order valence-electron chi connectivity index (χ1n) is 7.27. The molecule has 0 spiro atoms. The Morgan fingerprint density at radius 2 is 1.75 bits per heavy atom. The molecule has 0 bridgehead atoms. The van der Waals surface area contributed by atoms with E-state index in [0.29, 0.717) is 6.42 Å². The Morgan fingerprint density at radius 3 is 2.35 bits per heavy atom. The summed E-state index contributed by atoms with van der Waals surface area (Å²) in [5.41, 5.74) is 3.33. The largest absolute Gasteiger partial charge is 0.492 e. The lowest BCUT2D eigenvalue weighted by Crippen LogP contribution is -2.11. The first-order chi connectivity index (χ1) is 9.51. The van der Waals surface area contributed by atoms with Gasteiger partial charge in [0.15, 0.2) is 11.5 Å². The van der Waals surface area contributed by atoms with E-state index in [2.05, 4.69) is 13.8 Å². The Balaban J connectivity index is 2.19. The second-order valence-electron chi connectivity index (χ2n) is 5.95. The third-order valence-corrected chi connectivity index (χ3v) is 3.99. The molecule has 1 aromatic carbocycles. The van der Waals surface area contributed by atoms with Crippen molar-refractivity contribution in [2.24, 2.45) is 0 Å². The zero-order valence-electron chi connectivity index (χ0n) is 12.5. The molecule has 3 unspecified atom stereocenters. The average molecular weight is 278 g/mol. The van der Waals surface area contributed by atoms with Crippen LogP contribution in [0.2, 0.25) is 0 Å². The first kappa shape index (κ1) is 13.6. The van der Waals surface area contributed by atoms with Crippen LogP contribution in [0.4, 0.5) is 0 Å². The summed E-state index contributed by atoms with van der Waals surface area (Å²) in [6, 6.07) is 0. The Labute approximate surface area is 119 Å². The lowest BCUT2D eigenvalue weighted by atomic mass is 9.93. The van der Waals surface area contributed by atoms with E-state index in [1.54, 1.807) is 14.0 Å². The molecule has 2 aliphatic heterocycles. The Kier molecular flexibility index (Phi) is 3.28. The fourth-order valence-electron chi connectivity index (χ4n) is 3.29. The highest BCUT2D eigenvalue weighted by Crippen LogP contribution is 2.51. The van der Waals surface area contributed by atoms with E-state index in [-0.39, 0.29) is 12.2 Å². The summed E-state index contributed by atoms with van der Waals surface area (Å²) >= 11 is 0. The maximum Gasteiger partial charge on any atom is 0.168 e. The maximum absolute atomic E-state index is 9.80. The average Bonchev–Trinajstić information content (AvgIpc) is 2.91. The van der Waals surface area contributed by atoms with Crippen LogP contribution in [0.25, 0.3) is 0 Å². The summed E-state index contributed by atoms with van der Waals surface area (Å²) in [7, 11) is 1.68. The predicted molar refractivity (Wildman–Crippen MR) is 76.0 cm³/mol. The number of ether oxygens (including phenoxy) is 3. The molecule has 3 atom stereocenters. The molecule has 0 radical (unpaired) electrons. The molecule has 0 amide bonds. The molecule has 110 valence electrons. The van der Waals surface area contributed by atoms with Crippen LogP contribution in [0, 0.1) is 0 Å². The third kappa shape index (κ3) is 2.03. The van der Waals surface area contributed by atoms with Gasteiger partial charge in [-0.25, -0.2) is 0 Å². The smallest absolute Gasteiger partial charge is 0.168 e. The van der Waals surface area contributed by atoms with Crippen LogP contribution >= 0.6 is 0 Å². The Hall–Kier alpha value is -1.42. The number of benzene rings is 1. The van der Waals surface area contributed by atoms with Crippen LogP contribution in [-0.2, 0) is 19.3 Å². The standard InChI is InChI=1S/C16H22O4/c1-8(17)5-11-12-6-9(2)20-16(12)15(18-4)13-7-10(3)19-14(11)13/h8-10,17H,5-7H2,1-4H3. The van der Waals surface area contributed by atoms with Gasteiger partial charge in [-0.15, -0.1) is 0 Å². The zero-order chi connectivity index (χ0) is 14.4. The van der Waals surface area contributed by atoms with Crippen molar-refractivity contribution in [2.75, 3.05) is 7.11 Å². The molecule has 0 fully saturated rings. The number of hydrogen-bond acceptors (Lipinski definition) is 4. The minimum Gasteiger partial charge on any atom is -0.492 e. The van der Waals surface area contributed by atoms with Crippen LogP contribution in [0.3, 0.4) is 0 Å². The van der Waals surface area contributed by atoms with Crippen molar-refractivity contribution in [3.63, 3.8) is 0 Å². The topological polar surface area (TPSA) is 47.9 Å². The van der Waals surface area contributed by atoms with Crippen molar-refractivity contribution in [3.05, 3.63) is 16.7 Å². The van der Waals surface area contributed by atoms with Gasteiger partial charge < -0.3 is 19.3 Å². The highest BCUT2D eigenvalue weighted by atomic mass is 16.5. The molecule has 2 heterocycles. The van der Waals surface area contributed by atoms with Crippen LogP contribution in [0.15, 0.2) is 0 Å². The molecule has 0 saturated carbocycles. The van der Waals surface area contributed by atoms with Crippen molar-refractivity contribution in [1.29, 1.82) is 0 Å². The lowest BCUT2D eigenvalue weighted by Gasteiger charge is -2.17. The molecule has 3 rings (SSSR count). The second kappa shape index (κ2) is 4.85. The van der Waals surface area contributed by atoms with Crippen molar-refractivity contribution in [3.8, 4) is 17.2 Å². The van der Waals surface area contributed by atoms with E-state index in [1.807, 2.05) is 0 Å². The Bertz CT molecular complexity index is 497. The molecule has 2 aliphatic rings. The van der Waals surface area contributed by atoms with Gasteiger partial charge in [0.2, 0.25) is 0 Å². The summed E-state index contributed by atoms with van der Waals surface area (Å²) in [6.45, 7) is 5.92. The minimum atomic E-state index is -0.396. The number of rotatable bonds is 3. The summed E-state index contributed by atoms with van der Waals surface area (Å²) in [6.07, 6.45) is 2.16. The van der Waals surface area contributed by atoms with E-state index >= 15 is 0 Å². The molecule has 4 nitrogen and oxygen atoms in total. The Morgan fingerprint density at radius 1 is 1.15 bits per heavy atom. The van der Waals surface area contributed by atoms with Crippen molar-refractivity contribution < 1.29 is 19.3 Å². The first-order valence-corrected chi connectivity index (χ1v) is 7.27. The van der Waals surface area contributed by atoms with Crippen LogP contribution in [0.5, 0.6) is 17.2 Å². The van der Waals surface area contributed by atoms with Gasteiger partial charge in [-0.1, -0.05) is 0 Å². The number of aliphatic hydroxyl groups is 1. The van der Waals surface area contributed by atoms with Crippen LogP contribution in [-0.4, -0.2) is 30.5 Å². The van der Waals surface area contributed by atoms with Gasteiger partial charge in [0.1, 0.15) is 18.0 Å². The van der Waals surface area contributed by atoms with Crippen molar-refractivity contribution in [1.82, 2.24) is 0 Å². The summed E-state index contributed by atoms with van der Waals surface area (Å²) in [5.74, 6) is 2.58. The lowest BCUT2D eigenvalue weighted by molar-refractivity contribution is 0.191. The highest BCUT2D eigenvalue weighted by Gasteiger charge is 2.36. The summed E-state index contributed by atoms with van der Waals surface area (Å²) < 4.78 is 17.5. The van der Waals surface area contributed by atoms with E-state index < -0.39 is 6.10 Å². The van der Waals surface area contributed by atoms with Crippen LogP contribution in [0.1, 0.15) is 37.5 Å². The maximum atomic E-state index is 9.80. The SMILES string of the molecule is COc1c2c(c(CC(C)O)c3c1OC(C)C3)OC(C)C2. The predicted octanol–water partition coefficient (Wildman–Crippen LogP) is 2.27. The summed E-state index contributed by atoms with van der Waals surface area (Å²) in [5, 5.41) is 9.80. The normalized spacial score (nSPS) is 24.6. The van der Waals surface area contributed by atoms with E-state index in [4.69, 9.17) is 14.2 Å². The number of methoxy groups -OCH3 is 1. The molecule has 4 heteroatoms. The zero-order valence-corrected chi connectivity index (χ0v) is 12.5. The molecule has 1 N–H and O–H groups in total. The molecule has 0 aromatic heterocycles. The quantitative estimate of drug-likeness (QED) is 0.921. The second-order valence-corrected chi connectivity index (χ2v) is 5.95. The monoisotopic (exact) mass is 278 g/mol. The molecule has 0 saturated heterocycles. The van der Waals surface area contributed by atoms with E-state index in [1.165, 1.54) is 0 Å².